The molecular formula is C18H20FN5O3. The van der Waals surface area contributed by atoms with Crippen LogP contribution in [0.25, 0.3) is 11.3 Å². The molecule has 1 N–H and O–H groups in total. The summed E-state index contributed by atoms with van der Waals surface area (Å²) in [6.45, 7) is 1.92. The van der Waals surface area contributed by atoms with Crippen LogP contribution in [0.15, 0.2) is 34.9 Å². The maximum absolute atomic E-state index is 13.1. The molecule has 1 amide bonds. The lowest BCUT2D eigenvalue weighted by atomic mass is 10.1. The van der Waals surface area contributed by atoms with Gasteiger partial charge in [-0.05, 0) is 31.2 Å². The topological polar surface area (TPSA) is 85.4 Å². The molecule has 0 aliphatic carbocycles. The third-order valence-electron chi connectivity index (χ3n) is 3.88. The molecule has 0 saturated heterocycles. The van der Waals surface area contributed by atoms with Gasteiger partial charge in [-0.25, -0.2) is 9.40 Å². The summed E-state index contributed by atoms with van der Waals surface area (Å²) in [5.74, 6) is 0.273. The predicted octanol–water partition coefficient (Wildman–Crippen LogP) is 2.31. The van der Waals surface area contributed by atoms with Crippen molar-refractivity contribution in [3.8, 4) is 17.1 Å². The van der Waals surface area contributed by atoms with Crippen LogP contribution in [0.1, 0.15) is 21.8 Å². The van der Waals surface area contributed by atoms with Crippen molar-refractivity contribution in [1.29, 1.82) is 0 Å². The summed E-state index contributed by atoms with van der Waals surface area (Å²) in [5.41, 5.74) is 5.04. The number of hydrazine groups is 1. The molecule has 0 aliphatic rings. The first-order valence-corrected chi connectivity index (χ1v) is 8.21. The molecule has 2 heterocycles. The fraction of sp³-hybridized carbons (Fsp3) is 0.278. The fourth-order valence-electron chi connectivity index (χ4n) is 2.53. The highest BCUT2D eigenvalue weighted by Gasteiger charge is 2.18. The Morgan fingerprint density at radius 3 is 2.70 bits per heavy atom. The summed E-state index contributed by atoms with van der Waals surface area (Å²) in [7, 11) is 5.10. The van der Waals surface area contributed by atoms with Gasteiger partial charge < -0.3 is 9.26 Å². The average Bonchev–Trinajstić information content (AvgIpc) is 3.16. The maximum Gasteiger partial charge on any atom is 0.283 e. The molecule has 2 aromatic heterocycles. The van der Waals surface area contributed by atoms with Gasteiger partial charge >= 0.3 is 0 Å². The molecule has 9 heteroatoms. The van der Waals surface area contributed by atoms with E-state index in [1.807, 2.05) is 0 Å². The Morgan fingerprint density at radius 1 is 1.33 bits per heavy atom. The molecule has 8 nitrogen and oxygen atoms in total. The SMILES string of the molecule is Cc1onc(-c2ccc(F)cc2)c1COc1cc(C(=O)NN(C)C)n(C)n1. The van der Waals surface area contributed by atoms with Gasteiger partial charge in [0.2, 0.25) is 5.88 Å². The van der Waals surface area contributed by atoms with Crippen LogP contribution in [-0.2, 0) is 13.7 Å². The van der Waals surface area contributed by atoms with Crippen molar-refractivity contribution in [3.05, 3.63) is 53.2 Å². The van der Waals surface area contributed by atoms with E-state index in [0.717, 1.165) is 11.1 Å². The quantitative estimate of drug-likeness (QED) is 0.668. The Morgan fingerprint density at radius 2 is 2.04 bits per heavy atom. The van der Waals surface area contributed by atoms with E-state index >= 15 is 0 Å². The molecule has 0 radical (unpaired) electrons. The van der Waals surface area contributed by atoms with Crippen LogP contribution in [0.5, 0.6) is 5.88 Å². The van der Waals surface area contributed by atoms with E-state index in [4.69, 9.17) is 9.26 Å². The zero-order chi connectivity index (χ0) is 19.6. The van der Waals surface area contributed by atoms with Crippen molar-refractivity contribution < 1.29 is 18.4 Å². The van der Waals surface area contributed by atoms with E-state index in [2.05, 4.69) is 15.7 Å². The number of aromatic nitrogens is 3. The zero-order valence-corrected chi connectivity index (χ0v) is 15.5. The molecule has 3 aromatic rings. The summed E-state index contributed by atoms with van der Waals surface area (Å²) in [6.07, 6.45) is 0. The van der Waals surface area contributed by atoms with Gasteiger partial charge in [0.25, 0.3) is 5.91 Å². The monoisotopic (exact) mass is 373 g/mol. The van der Waals surface area contributed by atoms with Gasteiger partial charge in [-0.3, -0.25) is 14.9 Å². The molecule has 0 unspecified atom stereocenters. The van der Waals surface area contributed by atoms with Gasteiger partial charge in [0.15, 0.2) is 0 Å². The van der Waals surface area contributed by atoms with Gasteiger partial charge in [0, 0.05) is 32.8 Å². The number of hydrogen-bond donors (Lipinski definition) is 1. The van der Waals surface area contributed by atoms with E-state index in [0.29, 0.717) is 23.0 Å². The number of carbonyl (C=O) groups is 1. The Kier molecular flexibility index (Phi) is 5.22. The first-order chi connectivity index (χ1) is 12.8. The number of nitrogens with zero attached hydrogens (tertiary/aromatic N) is 4. The highest BCUT2D eigenvalue weighted by Crippen LogP contribution is 2.26. The third kappa shape index (κ3) is 4.14. The molecule has 0 fully saturated rings. The molecule has 0 atom stereocenters. The maximum atomic E-state index is 13.1. The first kappa shape index (κ1) is 18.6. The first-order valence-electron chi connectivity index (χ1n) is 8.21. The van der Waals surface area contributed by atoms with Crippen molar-refractivity contribution in [3.63, 3.8) is 0 Å². The van der Waals surface area contributed by atoms with Crippen molar-refractivity contribution in [1.82, 2.24) is 25.4 Å². The summed E-state index contributed by atoms with van der Waals surface area (Å²) in [6, 6.07) is 7.52. The van der Waals surface area contributed by atoms with Gasteiger partial charge in [0.1, 0.15) is 29.6 Å². The second kappa shape index (κ2) is 7.58. The second-order valence-electron chi connectivity index (χ2n) is 6.19. The Balaban J connectivity index is 1.77. The van der Waals surface area contributed by atoms with Crippen LogP contribution in [0.3, 0.4) is 0 Å². The number of amides is 1. The molecule has 1 aromatic carbocycles. The molecule has 0 bridgehead atoms. The minimum Gasteiger partial charge on any atom is -0.471 e. The summed E-state index contributed by atoms with van der Waals surface area (Å²) in [5, 5.41) is 9.78. The zero-order valence-electron chi connectivity index (χ0n) is 15.5. The molecule has 142 valence electrons. The van der Waals surface area contributed by atoms with Gasteiger partial charge in [-0.1, -0.05) is 5.16 Å². The van der Waals surface area contributed by atoms with E-state index in [1.54, 1.807) is 51.3 Å². The molecule has 0 aliphatic heterocycles. The smallest absolute Gasteiger partial charge is 0.283 e. The number of aryl methyl sites for hydroxylation is 2. The summed E-state index contributed by atoms with van der Waals surface area (Å²) < 4.78 is 25.6. The average molecular weight is 373 g/mol. The number of carbonyl (C=O) groups excluding carboxylic acids is 1. The van der Waals surface area contributed by atoms with E-state index < -0.39 is 0 Å². The minimum atomic E-state index is -0.325. The van der Waals surface area contributed by atoms with Crippen LogP contribution in [-0.4, -0.2) is 39.9 Å². The second-order valence-corrected chi connectivity index (χ2v) is 6.19. The lowest BCUT2D eigenvalue weighted by Crippen LogP contribution is -2.37. The fourth-order valence-corrected chi connectivity index (χ4v) is 2.53. The van der Waals surface area contributed by atoms with E-state index in [1.165, 1.54) is 16.8 Å². The van der Waals surface area contributed by atoms with Crippen molar-refractivity contribution in [2.45, 2.75) is 13.5 Å². The third-order valence-corrected chi connectivity index (χ3v) is 3.88. The number of halogens is 1. The van der Waals surface area contributed by atoms with Crippen molar-refractivity contribution in [2.75, 3.05) is 14.1 Å². The van der Waals surface area contributed by atoms with Crippen LogP contribution in [0.2, 0.25) is 0 Å². The summed E-state index contributed by atoms with van der Waals surface area (Å²) in [4.78, 5) is 12.1. The predicted molar refractivity (Wildman–Crippen MR) is 95.3 cm³/mol. The van der Waals surface area contributed by atoms with Gasteiger partial charge in [-0.2, -0.15) is 0 Å². The van der Waals surface area contributed by atoms with Crippen molar-refractivity contribution in [2.24, 2.45) is 7.05 Å². The Labute approximate surface area is 155 Å². The number of rotatable bonds is 6. The van der Waals surface area contributed by atoms with Crippen LogP contribution in [0, 0.1) is 12.7 Å². The number of nitrogens with one attached hydrogen (secondary N) is 1. The number of ether oxygens (including phenoxy) is 1. The van der Waals surface area contributed by atoms with Crippen molar-refractivity contribution >= 4 is 5.91 Å². The van der Waals surface area contributed by atoms with Crippen LogP contribution < -0.4 is 10.2 Å². The van der Waals surface area contributed by atoms with Gasteiger partial charge in [-0.15, -0.1) is 5.10 Å². The van der Waals surface area contributed by atoms with Crippen LogP contribution in [0.4, 0.5) is 4.39 Å². The van der Waals surface area contributed by atoms with Crippen LogP contribution >= 0.6 is 0 Å². The highest BCUT2D eigenvalue weighted by atomic mass is 19.1. The lowest BCUT2D eigenvalue weighted by molar-refractivity contribution is 0.0847. The molecule has 3 rings (SSSR count). The number of benzene rings is 1. The largest absolute Gasteiger partial charge is 0.471 e. The minimum absolute atomic E-state index is 0.147. The normalized spacial score (nSPS) is 11.0. The summed E-state index contributed by atoms with van der Waals surface area (Å²) >= 11 is 0. The standard InChI is InChI=1S/C18H20FN5O3/c1-11-14(17(22-27-11)12-5-7-13(19)8-6-12)10-26-16-9-15(24(4)20-16)18(25)21-23(2)3/h5-9H,10H2,1-4H3,(H,21,25). The molecular weight excluding hydrogens is 353 g/mol. The number of hydrogen-bond acceptors (Lipinski definition) is 6. The van der Waals surface area contributed by atoms with E-state index in [9.17, 15) is 9.18 Å². The lowest BCUT2D eigenvalue weighted by Gasteiger charge is -2.10. The highest BCUT2D eigenvalue weighted by molar-refractivity contribution is 5.92. The van der Waals surface area contributed by atoms with E-state index in [-0.39, 0.29) is 18.3 Å². The molecule has 0 saturated carbocycles. The van der Waals surface area contributed by atoms with Gasteiger partial charge in [0.05, 0.1) is 5.56 Å². The molecule has 0 spiro atoms. The Bertz CT molecular complexity index is 947. The Hall–Kier alpha value is -3.20. The molecule has 27 heavy (non-hydrogen) atoms.